The van der Waals surface area contributed by atoms with Crippen LogP contribution in [0.1, 0.15) is 16.8 Å². The number of sulfonamides is 1. The lowest BCUT2D eigenvalue weighted by Gasteiger charge is -2.07. The van der Waals surface area contributed by atoms with Gasteiger partial charge < -0.3 is 10.6 Å². The van der Waals surface area contributed by atoms with E-state index in [2.05, 4.69) is 10.6 Å². The molecule has 2 aromatic carbocycles. The maximum Gasteiger partial charge on any atom is 0.251 e. The molecule has 0 fully saturated rings. The van der Waals surface area contributed by atoms with Gasteiger partial charge in [0.05, 0.1) is 4.90 Å². The van der Waals surface area contributed by atoms with Gasteiger partial charge in [0.25, 0.3) is 5.91 Å². The number of carbonyl (C=O) groups is 2. The smallest absolute Gasteiger partial charge is 0.251 e. The minimum Gasteiger partial charge on any atom is -0.352 e. The Bertz CT molecular complexity index is 865. The van der Waals surface area contributed by atoms with Gasteiger partial charge in [-0.25, -0.2) is 13.6 Å². The van der Waals surface area contributed by atoms with Gasteiger partial charge in [-0.05, 0) is 48.5 Å². The number of benzene rings is 2. The maximum atomic E-state index is 11.9. The molecule has 25 heavy (non-hydrogen) atoms. The highest BCUT2D eigenvalue weighted by Crippen LogP contribution is 2.13. The molecule has 0 heterocycles. The Kier molecular flexibility index (Phi) is 6.13. The third-order valence-electron chi connectivity index (χ3n) is 3.21. The highest BCUT2D eigenvalue weighted by atomic mass is 35.5. The topological polar surface area (TPSA) is 118 Å². The van der Waals surface area contributed by atoms with Gasteiger partial charge in [0.15, 0.2) is 0 Å². The summed E-state index contributed by atoms with van der Waals surface area (Å²) >= 11 is 5.75. The van der Waals surface area contributed by atoms with Crippen LogP contribution in [0.4, 0.5) is 5.69 Å². The van der Waals surface area contributed by atoms with Crippen molar-refractivity contribution in [2.75, 3.05) is 11.9 Å². The van der Waals surface area contributed by atoms with Crippen molar-refractivity contribution >= 4 is 39.1 Å². The summed E-state index contributed by atoms with van der Waals surface area (Å²) in [7, 11) is -3.77. The second-order valence-electron chi connectivity index (χ2n) is 5.13. The van der Waals surface area contributed by atoms with Crippen molar-refractivity contribution in [1.82, 2.24) is 5.32 Å². The fourth-order valence-corrected chi connectivity index (χ4v) is 2.59. The molecule has 0 aliphatic heterocycles. The predicted molar refractivity (Wildman–Crippen MR) is 94.8 cm³/mol. The molecule has 132 valence electrons. The van der Waals surface area contributed by atoms with Gasteiger partial charge in [-0.2, -0.15) is 0 Å². The molecular formula is C16H16ClN3O4S. The molecule has 0 bridgehead atoms. The highest BCUT2D eigenvalue weighted by molar-refractivity contribution is 7.89. The van der Waals surface area contributed by atoms with Gasteiger partial charge in [-0.3, -0.25) is 9.59 Å². The second kappa shape index (κ2) is 8.11. The lowest BCUT2D eigenvalue weighted by molar-refractivity contribution is -0.116. The lowest BCUT2D eigenvalue weighted by atomic mass is 10.2. The molecule has 0 aromatic heterocycles. The summed E-state index contributed by atoms with van der Waals surface area (Å²) in [6.45, 7) is 0.155. The van der Waals surface area contributed by atoms with Crippen LogP contribution in [0.25, 0.3) is 0 Å². The minimum atomic E-state index is -3.77. The third kappa shape index (κ3) is 5.86. The van der Waals surface area contributed by atoms with E-state index < -0.39 is 10.0 Å². The fourth-order valence-electron chi connectivity index (χ4n) is 1.94. The zero-order valence-electron chi connectivity index (χ0n) is 13.0. The molecule has 0 saturated heterocycles. The largest absolute Gasteiger partial charge is 0.352 e. The first-order chi connectivity index (χ1) is 11.8. The molecule has 4 N–H and O–H groups in total. The molecule has 0 spiro atoms. The number of nitrogens with one attached hydrogen (secondary N) is 2. The summed E-state index contributed by atoms with van der Waals surface area (Å²) in [5, 5.41) is 10.8. The molecule has 0 saturated carbocycles. The van der Waals surface area contributed by atoms with Crippen LogP contribution in [0.2, 0.25) is 5.02 Å². The van der Waals surface area contributed by atoms with E-state index in [0.29, 0.717) is 16.3 Å². The number of halogens is 1. The average Bonchev–Trinajstić information content (AvgIpc) is 2.55. The quantitative estimate of drug-likeness (QED) is 0.706. The van der Waals surface area contributed by atoms with E-state index in [9.17, 15) is 18.0 Å². The molecule has 2 rings (SSSR count). The first kappa shape index (κ1) is 18.9. The van der Waals surface area contributed by atoms with Crippen LogP contribution in [0.5, 0.6) is 0 Å². The molecule has 0 aliphatic rings. The van der Waals surface area contributed by atoms with Crippen LogP contribution in [0.3, 0.4) is 0 Å². The Morgan fingerprint density at radius 2 is 1.60 bits per heavy atom. The number of anilines is 1. The predicted octanol–water partition coefficient (Wildman–Crippen LogP) is 1.75. The zero-order chi connectivity index (χ0) is 18.4. The maximum absolute atomic E-state index is 11.9. The number of nitrogens with two attached hydrogens (primary N) is 1. The lowest BCUT2D eigenvalue weighted by Crippen LogP contribution is -2.27. The molecule has 2 amide bonds. The van der Waals surface area contributed by atoms with Crippen LogP contribution in [0.15, 0.2) is 53.4 Å². The highest BCUT2D eigenvalue weighted by Gasteiger charge is 2.09. The summed E-state index contributed by atoms with van der Waals surface area (Å²) < 4.78 is 22.3. The number of rotatable bonds is 6. The molecule has 0 unspecified atom stereocenters. The molecule has 0 atom stereocenters. The molecule has 0 aliphatic carbocycles. The van der Waals surface area contributed by atoms with Crippen molar-refractivity contribution in [3.05, 3.63) is 59.1 Å². The summed E-state index contributed by atoms with van der Waals surface area (Å²) in [4.78, 5) is 23.7. The van der Waals surface area contributed by atoms with Crippen molar-refractivity contribution < 1.29 is 18.0 Å². The number of hydrogen-bond acceptors (Lipinski definition) is 4. The van der Waals surface area contributed by atoms with Crippen LogP contribution < -0.4 is 15.8 Å². The Morgan fingerprint density at radius 1 is 1.00 bits per heavy atom. The zero-order valence-corrected chi connectivity index (χ0v) is 14.6. The second-order valence-corrected chi connectivity index (χ2v) is 7.13. The molecular weight excluding hydrogens is 366 g/mol. The number of hydrogen-bond donors (Lipinski definition) is 3. The Hall–Kier alpha value is -2.42. The van der Waals surface area contributed by atoms with Crippen LogP contribution in [0, 0.1) is 0 Å². The minimum absolute atomic E-state index is 0.0410. The van der Waals surface area contributed by atoms with E-state index in [4.69, 9.17) is 16.7 Å². The summed E-state index contributed by atoms with van der Waals surface area (Å²) in [5.41, 5.74) is 0.879. The molecule has 7 nitrogen and oxygen atoms in total. The van der Waals surface area contributed by atoms with Gasteiger partial charge in [-0.15, -0.1) is 0 Å². The van der Waals surface area contributed by atoms with Gasteiger partial charge in [0.2, 0.25) is 15.9 Å². The number of primary sulfonamides is 1. The first-order valence-corrected chi connectivity index (χ1v) is 9.14. The Labute approximate surface area is 150 Å². The van der Waals surface area contributed by atoms with Crippen LogP contribution >= 0.6 is 11.6 Å². The summed E-state index contributed by atoms with van der Waals surface area (Å²) in [6, 6.07) is 11.9. The molecule has 0 radical (unpaired) electrons. The van der Waals surface area contributed by atoms with Gasteiger partial charge in [-0.1, -0.05) is 11.6 Å². The standard InChI is InChI=1S/C16H16ClN3O4S/c17-12-3-1-11(2-4-12)16(22)19-10-9-15(21)20-13-5-7-14(8-6-13)25(18,23)24/h1-8H,9-10H2,(H,19,22)(H,20,21)(H2,18,23,24). The van der Waals surface area contributed by atoms with Crippen LogP contribution in [-0.4, -0.2) is 26.8 Å². The van der Waals surface area contributed by atoms with Crippen molar-refractivity contribution in [2.45, 2.75) is 11.3 Å². The molecule has 2 aromatic rings. The average molecular weight is 382 g/mol. The van der Waals surface area contributed by atoms with Gasteiger partial charge in [0, 0.05) is 29.2 Å². The van der Waals surface area contributed by atoms with E-state index in [0.717, 1.165) is 0 Å². The first-order valence-electron chi connectivity index (χ1n) is 7.22. The van der Waals surface area contributed by atoms with Gasteiger partial charge >= 0.3 is 0 Å². The number of carbonyl (C=O) groups excluding carboxylic acids is 2. The SMILES string of the molecule is NS(=O)(=O)c1ccc(NC(=O)CCNC(=O)c2ccc(Cl)cc2)cc1. The van der Waals surface area contributed by atoms with E-state index in [1.165, 1.54) is 24.3 Å². The van der Waals surface area contributed by atoms with E-state index in [1.54, 1.807) is 24.3 Å². The van der Waals surface area contributed by atoms with E-state index >= 15 is 0 Å². The fraction of sp³-hybridized carbons (Fsp3) is 0.125. The van der Waals surface area contributed by atoms with Crippen molar-refractivity contribution in [3.63, 3.8) is 0 Å². The van der Waals surface area contributed by atoms with E-state index in [1.807, 2.05) is 0 Å². The van der Waals surface area contributed by atoms with Crippen molar-refractivity contribution in [3.8, 4) is 0 Å². The van der Waals surface area contributed by atoms with Gasteiger partial charge in [0.1, 0.15) is 0 Å². The third-order valence-corrected chi connectivity index (χ3v) is 4.39. The van der Waals surface area contributed by atoms with Crippen LogP contribution in [-0.2, 0) is 14.8 Å². The summed E-state index contributed by atoms with van der Waals surface area (Å²) in [6.07, 6.45) is 0.0657. The normalized spacial score (nSPS) is 11.0. The van der Waals surface area contributed by atoms with Crippen molar-refractivity contribution in [1.29, 1.82) is 0 Å². The monoisotopic (exact) mass is 381 g/mol. The number of amides is 2. The summed E-state index contributed by atoms with van der Waals surface area (Å²) in [5.74, 6) is -0.623. The Morgan fingerprint density at radius 3 is 2.16 bits per heavy atom. The van der Waals surface area contributed by atoms with Crippen molar-refractivity contribution in [2.24, 2.45) is 5.14 Å². The molecule has 9 heteroatoms. The van der Waals surface area contributed by atoms with E-state index in [-0.39, 0.29) is 29.7 Å². The Balaban J connectivity index is 1.80.